The van der Waals surface area contributed by atoms with Crippen molar-refractivity contribution in [2.45, 2.75) is 12.0 Å². The van der Waals surface area contributed by atoms with Crippen LogP contribution in [0.3, 0.4) is 0 Å². The number of carboxylic acid groups (broad SMARTS) is 1. The molecule has 0 radical (unpaired) electrons. The number of carbonyl (C=O) groups is 1. The summed E-state index contributed by atoms with van der Waals surface area (Å²) >= 11 is 0. The number of phenols is 1. The molecular formula is C20H19O10S-. The third-order valence-corrected chi connectivity index (χ3v) is 5.14. The topological polar surface area (TPSA) is 152 Å². The molecule has 0 unspecified atom stereocenters. The first-order valence-electron chi connectivity index (χ1n) is 8.89. The van der Waals surface area contributed by atoms with Gasteiger partial charge in [-0.1, -0.05) is 0 Å². The third-order valence-electron chi connectivity index (χ3n) is 4.69. The van der Waals surface area contributed by atoms with Crippen molar-refractivity contribution in [3.8, 4) is 23.0 Å². The molecular weight excluding hydrogens is 432 g/mol. The maximum absolute atomic E-state index is 11.5. The van der Waals surface area contributed by atoms with Gasteiger partial charge in [0.1, 0.15) is 17.6 Å². The van der Waals surface area contributed by atoms with Gasteiger partial charge in [0.2, 0.25) is 10.4 Å². The van der Waals surface area contributed by atoms with Crippen LogP contribution in [0.15, 0.2) is 36.4 Å². The minimum absolute atomic E-state index is 0.0164. The lowest BCUT2D eigenvalue weighted by atomic mass is 9.86. The Bertz CT molecular complexity index is 1120. The first kappa shape index (κ1) is 22.4. The molecule has 2 aromatic rings. The zero-order chi connectivity index (χ0) is 22.8. The van der Waals surface area contributed by atoms with Gasteiger partial charge in [-0.2, -0.15) is 0 Å². The first-order valence-corrected chi connectivity index (χ1v) is 10.2. The summed E-state index contributed by atoms with van der Waals surface area (Å²) in [5, 5.41) is 19.6. The molecule has 0 bridgehead atoms. The Morgan fingerprint density at radius 2 is 1.94 bits per heavy atom. The Morgan fingerprint density at radius 3 is 2.55 bits per heavy atom. The summed E-state index contributed by atoms with van der Waals surface area (Å²) in [6.07, 6.45) is 0.827. The smallest absolute Gasteiger partial charge is 0.328 e. The molecule has 2 aromatic carbocycles. The second-order valence-electron chi connectivity index (χ2n) is 6.58. The monoisotopic (exact) mass is 451 g/mol. The highest BCUT2D eigenvalue weighted by atomic mass is 32.3. The van der Waals surface area contributed by atoms with Gasteiger partial charge < -0.3 is 29.0 Å². The van der Waals surface area contributed by atoms with Gasteiger partial charge in [-0.3, -0.25) is 4.18 Å². The highest BCUT2D eigenvalue weighted by Crippen LogP contribution is 2.48. The molecule has 2 atom stereocenters. The minimum atomic E-state index is -5.14. The molecule has 0 aromatic heterocycles. The van der Waals surface area contributed by atoms with Crippen molar-refractivity contribution in [3.05, 3.63) is 53.1 Å². The number of aromatic hydroxyl groups is 1. The summed E-state index contributed by atoms with van der Waals surface area (Å²) in [4.78, 5) is 10.9. The normalized spacial score (nSPS) is 18.3. The van der Waals surface area contributed by atoms with Gasteiger partial charge in [0, 0.05) is 17.2 Å². The van der Waals surface area contributed by atoms with Gasteiger partial charge in [0.05, 0.1) is 26.7 Å². The number of phenolic OH excluding ortho intramolecular Hbond substituents is 1. The Labute approximate surface area is 178 Å². The van der Waals surface area contributed by atoms with E-state index < -0.39 is 28.4 Å². The van der Waals surface area contributed by atoms with Crippen LogP contribution in [0.1, 0.15) is 28.7 Å². The largest absolute Gasteiger partial charge is 0.726 e. The molecule has 3 rings (SSSR count). The molecule has 1 aliphatic heterocycles. The van der Waals surface area contributed by atoms with Crippen molar-refractivity contribution in [2.24, 2.45) is 0 Å². The summed E-state index contributed by atoms with van der Waals surface area (Å²) in [6, 6.07) is 7.45. The number of benzene rings is 2. The number of ether oxygens (including phenoxy) is 3. The number of methoxy groups -OCH3 is 2. The van der Waals surface area contributed by atoms with E-state index in [4.69, 9.17) is 23.5 Å². The first-order chi connectivity index (χ1) is 14.6. The number of fused-ring (bicyclic) bond motifs is 1. The highest BCUT2D eigenvalue weighted by molar-refractivity contribution is 7.80. The predicted molar refractivity (Wildman–Crippen MR) is 106 cm³/mol. The summed E-state index contributed by atoms with van der Waals surface area (Å²) in [5.41, 5.74) is 0.735. The van der Waals surface area contributed by atoms with E-state index in [1.165, 1.54) is 38.5 Å². The average Bonchev–Trinajstić information content (AvgIpc) is 2.72. The molecule has 10 nitrogen and oxygen atoms in total. The number of hydrogen-bond donors (Lipinski definition) is 2. The molecule has 0 spiro atoms. The molecule has 2 N–H and O–H groups in total. The zero-order valence-electron chi connectivity index (χ0n) is 16.5. The second kappa shape index (κ2) is 8.84. The average molecular weight is 451 g/mol. The molecule has 166 valence electrons. The molecule has 0 saturated heterocycles. The molecule has 0 amide bonds. The van der Waals surface area contributed by atoms with E-state index in [0.717, 1.165) is 6.08 Å². The summed E-state index contributed by atoms with van der Waals surface area (Å²) in [6.45, 7) is -0.137. The Hall–Kier alpha value is -3.28. The summed E-state index contributed by atoms with van der Waals surface area (Å²) < 4.78 is 55.3. The van der Waals surface area contributed by atoms with Crippen LogP contribution in [0.5, 0.6) is 23.0 Å². The predicted octanol–water partition coefficient (Wildman–Crippen LogP) is 2.20. The number of hydrogen-bond acceptors (Lipinski definition) is 9. The van der Waals surface area contributed by atoms with Crippen LogP contribution in [0.25, 0.3) is 6.08 Å². The van der Waals surface area contributed by atoms with Crippen molar-refractivity contribution in [1.29, 1.82) is 0 Å². The third kappa shape index (κ3) is 5.08. The van der Waals surface area contributed by atoms with E-state index in [-0.39, 0.29) is 29.2 Å². The maximum Gasteiger partial charge on any atom is 0.328 e. The van der Waals surface area contributed by atoms with Gasteiger partial charge in [0.15, 0.2) is 11.5 Å². The second-order valence-corrected chi connectivity index (χ2v) is 7.59. The number of carboxylic acids is 1. The molecule has 11 heteroatoms. The number of rotatable bonds is 7. The van der Waals surface area contributed by atoms with E-state index in [9.17, 15) is 22.9 Å². The Balaban J connectivity index is 2.17. The summed E-state index contributed by atoms with van der Waals surface area (Å²) in [5.74, 6) is -1.78. The van der Waals surface area contributed by atoms with Crippen molar-refractivity contribution >= 4 is 22.4 Å². The van der Waals surface area contributed by atoms with Crippen molar-refractivity contribution in [1.82, 2.24) is 0 Å². The molecule has 0 fully saturated rings. The molecule has 1 aliphatic rings. The van der Waals surface area contributed by atoms with Crippen LogP contribution in [-0.2, 0) is 19.4 Å². The molecule has 1 heterocycles. The van der Waals surface area contributed by atoms with Gasteiger partial charge in [0.25, 0.3) is 0 Å². The van der Waals surface area contributed by atoms with Crippen LogP contribution >= 0.6 is 0 Å². The van der Waals surface area contributed by atoms with Crippen molar-refractivity contribution in [3.63, 3.8) is 0 Å². The fourth-order valence-corrected chi connectivity index (χ4v) is 3.84. The fourth-order valence-electron chi connectivity index (χ4n) is 3.34. The standard InChI is InChI=1S/C20H20O10S/c1-27-12-4-5-16-14(9-12)20(30-31(24,25)26)15(10-29-16)13-7-11(3-6-18(21)22)8-17(28-2)19(13)23/h3-9,15,20,23H,10H2,1-2H3,(H,21,22)(H,24,25,26)/p-1/b6-3+/t15-,20+/m1/s1. The van der Waals surface area contributed by atoms with Gasteiger partial charge in [-0.25, -0.2) is 13.2 Å². The number of aliphatic carboxylic acids is 1. The van der Waals surface area contributed by atoms with Gasteiger partial charge in [-0.15, -0.1) is 0 Å². The van der Waals surface area contributed by atoms with Crippen LogP contribution < -0.4 is 14.2 Å². The van der Waals surface area contributed by atoms with Crippen LogP contribution in [-0.4, -0.2) is 50.0 Å². The fraction of sp³-hybridized carbons (Fsp3) is 0.250. The highest BCUT2D eigenvalue weighted by Gasteiger charge is 2.37. The lowest BCUT2D eigenvalue weighted by Crippen LogP contribution is -2.28. The minimum Gasteiger partial charge on any atom is -0.726 e. The lowest BCUT2D eigenvalue weighted by molar-refractivity contribution is -0.131. The van der Waals surface area contributed by atoms with E-state index in [1.807, 2.05) is 0 Å². The Morgan fingerprint density at radius 1 is 1.19 bits per heavy atom. The van der Waals surface area contributed by atoms with Crippen molar-refractivity contribution < 1.29 is 46.4 Å². The van der Waals surface area contributed by atoms with E-state index in [1.54, 1.807) is 12.1 Å². The van der Waals surface area contributed by atoms with Crippen LogP contribution in [0, 0.1) is 0 Å². The molecule has 31 heavy (non-hydrogen) atoms. The van der Waals surface area contributed by atoms with E-state index >= 15 is 0 Å². The van der Waals surface area contributed by atoms with Crippen LogP contribution in [0.4, 0.5) is 0 Å². The van der Waals surface area contributed by atoms with E-state index in [0.29, 0.717) is 17.1 Å². The Kier molecular flexibility index (Phi) is 6.39. The lowest BCUT2D eigenvalue weighted by Gasteiger charge is -2.34. The van der Waals surface area contributed by atoms with E-state index in [2.05, 4.69) is 0 Å². The maximum atomic E-state index is 11.5. The quantitative estimate of drug-likeness (QED) is 0.364. The summed E-state index contributed by atoms with van der Waals surface area (Å²) in [7, 11) is -2.42. The molecule has 0 saturated carbocycles. The van der Waals surface area contributed by atoms with Crippen molar-refractivity contribution in [2.75, 3.05) is 20.8 Å². The van der Waals surface area contributed by atoms with Gasteiger partial charge in [-0.05, 0) is 42.0 Å². The van der Waals surface area contributed by atoms with Crippen LogP contribution in [0.2, 0.25) is 0 Å². The molecule has 0 aliphatic carbocycles. The zero-order valence-corrected chi connectivity index (χ0v) is 17.3. The SMILES string of the molecule is COc1ccc2c(c1)[C@H](OS(=O)(=O)[O-])[C@@H](c1cc(/C=C/C(=O)O)cc(OC)c1O)CO2. The van der Waals surface area contributed by atoms with Gasteiger partial charge >= 0.3 is 5.97 Å².